The van der Waals surface area contributed by atoms with Gasteiger partial charge in [-0.3, -0.25) is 14.4 Å². The quantitative estimate of drug-likeness (QED) is 0.702. The number of piperidine rings is 1. The van der Waals surface area contributed by atoms with E-state index in [4.69, 9.17) is 4.74 Å². The van der Waals surface area contributed by atoms with Crippen LogP contribution in [0.1, 0.15) is 37.8 Å². The summed E-state index contributed by atoms with van der Waals surface area (Å²) in [6, 6.07) is 15.5. The van der Waals surface area contributed by atoms with Gasteiger partial charge in [-0.25, -0.2) is 0 Å². The maximum atomic E-state index is 13.2. The Bertz CT molecular complexity index is 885. The number of likely N-dealkylation sites (N-methyl/N-ethyl adjacent to an activating group) is 1. The largest absolute Gasteiger partial charge is 0.484 e. The van der Waals surface area contributed by atoms with Gasteiger partial charge in [0, 0.05) is 31.3 Å². The number of nitrogens with one attached hydrogen (secondary N) is 2. The lowest BCUT2D eigenvalue weighted by Crippen LogP contribution is -2.43. The predicted molar refractivity (Wildman–Crippen MR) is 114 cm³/mol. The van der Waals surface area contributed by atoms with E-state index in [1.807, 2.05) is 37.3 Å². The van der Waals surface area contributed by atoms with Gasteiger partial charge in [0.25, 0.3) is 11.8 Å². The van der Waals surface area contributed by atoms with Crippen LogP contribution in [-0.4, -0.2) is 42.3 Å². The van der Waals surface area contributed by atoms with Gasteiger partial charge in [-0.15, -0.1) is 0 Å². The van der Waals surface area contributed by atoms with Crippen LogP contribution in [-0.2, 0) is 14.4 Å². The predicted octanol–water partition coefficient (Wildman–Crippen LogP) is 2.89. The van der Waals surface area contributed by atoms with Crippen molar-refractivity contribution in [2.24, 2.45) is 0 Å². The summed E-state index contributed by atoms with van der Waals surface area (Å²) >= 11 is 0. The normalized spacial score (nSPS) is 14.7. The zero-order valence-corrected chi connectivity index (χ0v) is 17.1. The van der Waals surface area contributed by atoms with Crippen LogP contribution in [0.4, 0.5) is 5.69 Å². The van der Waals surface area contributed by atoms with E-state index >= 15 is 0 Å². The summed E-state index contributed by atoms with van der Waals surface area (Å²) in [6.07, 6.45) is 2.19. The highest BCUT2D eigenvalue weighted by Gasteiger charge is 2.32. The molecular weight excluding hydrogens is 382 g/mol. The number of carbonyl (C=O) groups is 3. The molecule has 0 spiro atoms. The Kier molecular flexibility index (Phi) is 7.43. The Balaban J connectivity index is 1.75. The van der Waals surface area contributed by atoms with E-state index in [9.17, 15) is 14.4 Å². The van der Waals surface area contributed by atoms with Gasteiger partial charge in [0.2, 0.25) is 5.91 Å². The van der Waals surface area contributed by atoms with Crippen molar-refractivity contribution < 1.29 is 19.1 Å². The molecule has 0 bridgehead atoms. The van der Waals surface area contributed by atoms with Crippen molar-refractivity contribution in [1.82, 2.24) is 10.2 Å². The van der Waals surface area contributed by atoms with Crippen LogP contribution in [0.25, 0.3) is 0 Å². The number of benzene rings is 2. The van der Waals surface area contributed by atoms with E-state index in [1.165, 1.54) is 0 Å². The second kappa shape index (κ2) is 10.4. The lowest BCUT2D eigenvalue weighted by atomic mass is 10.0. The third-order valence-corrected chi connectivity index (χ3v) is 4.88. The van der Waals surface area contributed by atoms with Crippen molar-refractivity contribution in [2.75, 3.05) is 25.0 Å². The lowest BCUT2D eigenvalue weighted by molar-refractivity contribution is -0.141. The number of anilines is 1. The summed E-state index contributed by atoms with van der Waals surface area (Å²) in [5.74, 6) is -0.0225. The first-order valence-corrected chi connectivity index (χ1v) is 10.2. The monoisotopic (exact) mass is 409 g/mol. The Morgan fingerprint density at radius 3 is 2.63 bits per heavy atom. The Labute approximate surface area is 176 Å². The first kappa shape index (κ1) is 21.4. The zero-order chi connectivity index (χ0) is 21.3. The van der Waals surface area contributed by atoms with Crippen molar-refractivity contribution in [3.63, 3.8) is 0 Å². The maximum absolute atomic E-state index is 13.2. The number of rotatable bonds is 8. The van der Waals surface area contributed by atoms with Crippen molar-refractivity contribution in [2.45, 2.75) is 32.2 Å². The number of hydrogen-bond acceptors (Lipinski definition) is 4. The molecule has 1 saturated heterocycles. The first-order valence-electron chi connectivity index (χ1n) is 10.2. The molecule has 1 aliphatic rings. The van der Waals surface area contributed by atoms with E-state index in [-0.39, 0.29) is 24.3 Å². The maximum Gasteiger partial charge on any atom is 0.257 e. The van der Waals surface area contributed by atoms with Gasteiger partial charge in [-0.1, -0.05) is 36.4 Å². The molecule has 1 unspecified atom stereocenters. The molecule has 2 N–H and O–H groups in total. The summed E-state index contributed by atoms with van der Waals surface area (Å²) in [6.45, 7) is 2.83. The number of ether oxygens (including phenoxy) is 1. The number of nitrogens with zero attached hydrogens (tertiary/aromatic N) is 1. The molecule has 2 aromatic carbocycles. The van der Waals surface area contributed by atoms with Crippen LogP contribution in [0.2, 0.25) is 0 Å². The van der Waals surface area contributed by atoms with Crippen molar-refractivity contribution in [3.05, 3.63) is 60.2 Å². The molecule has 1 aliphatic heterocycles. The van der Waals surface area contributed by atoms with Crippen LogP contribution < -0.4 is 15.4 Å². The minimum absolute atomic E-state index is 0.00993. The van der Waals surface area contributed by atoms with Gasteiger partial charge >= 0.3 is 0 Å². The summed E-state index contributed by atoms with van der Waals surface area (Å²) < 4.78 is 5.49. The molecule has 0 aromatic heterocycles. The van der Waals surface area contributed by atoms with Crippen molar-refractivity contribution in [1.29, 1.82) is 0 Å². The Morgan fingerprint density at radius 1 is 1.10 bits per heavy atom. The minimum Gasteiger partial charge on any atom is -0.484 e. The highest BCUT2D eigenvalue weighted by molar-refractivity contribution is 5.98. The van der Waals surface area contributed by atoms with Crippen LogP contribution in [0, 0.1) is 0 Å². The van der Waals surface area contributed by atoms with Gasteiger partial charge in [0.1, 0.15) is 11.8 Å². The standard InChI is InChI=1S/C23H27N3O4/c1-2-24-20(27)16-30-19-12-8-11-18(15-19)25-23(29)22(17-9-4-3-5-10-17)26-14-7-6-13-21(26)28/h3-5,8-12,15,22H,2,6-7,13-14,16H2,1H3,(H,24,27)(H,25,29). The molecule has 3 rings (SSSR count). The van der Waals surface area contributed by atoms with Gasteiger partial charge in [0.05, 0.1) is 0 Å². The van der Waals surface area contributed by atoms with E-state index in [1.54, 1.807) is 29.2 Å². The topological polar surface area (TPSA) is 87.7 Å². The van der Waals surface area contributed by atoms with Crippen LogP contribution >= 0.6 is 0 Å². The minimum atomic E-state index is -0.695. The summed E-state index contributed by atoms with van der Waals surface area (Å²) in [5, 5.41) is 5.56. The van der Waals surface area contributed by atoms with Crippen LogP contribution in [0.15, 0.2) is 54.6 Å². The smallest absolute Gasteiger partial charge is 0.257 e. The summed E-state index contributed by atoms with van der Waals surface area (Å²) in [4.78, 5) is 39.0. The van der Waals surface area contributed by atoms with Gasteiger partial charge in [-0.2, -0.15) is 0 Å². The summed E-state index contributed by atoms with van der Waals surface area (Å²) in [7, 11) is 0. The van der Waals surface area contributed by atoms with Crippen molar-refractivity contribution in [3.8, 4) is 5.75 Å². The molecule has 1 atom stereocenters. The molecule has 1 fully saturated rings. The van der Waals surface area contributed by atoms with E-state index < -0.39 is 6.04 Å². The molecule has 1 heterocycles. The molecular formula is C23H27N3O4. The first-order chi connectivity index (χ1) is 14.6. The van der Waals surface area contributed by atoms with Crippen molar-refractivity contribution >= 4 is 23.4 Å². The lowest BCUT2D eigenvalue weighted by Gasteiger charge is -2.34. The fraction of sp³-hybridized carbons (Fsp3) is 0.348. The second-order valence-corrected chi connectivity index (χ2v) is 7.12. The highest BCUT2D eigenvalue weighted by atomic mass is 16.5. The molecule has 2 aromatic rings. The average molecular weight is 409 g/mol. The average Bonchev–Trinajstić information content (AvgIpc) is 2.75. The van der Waals surface area contributed by atoms with Gasteiger partial charge in [-0.05, 0) is 37.5 Å². The third kappa shape index (κ3) is 5.59. The zero-order valence-electron chi connectivity index (χ0n) is 17.1. The van der Waals surface area contributed by atoms with E-state index in [0.29, 0.717) is 30.9 Å². The molecule has 0 saturated carbocycles. The van der Waals surface area contributed by atoms with E-state index in [0.717, 1.165) is 18.4 Å². The molecule has 30 heavy (non-hydrogen) atoms. The van der Waals surface area contributed by atoms with E-state index in [2.05, 4.69) is 10.6 Å². The van der Waals surface area contributed by atoms with Crippen LogP contribution in [0.3, 0.4) is 0 Å². The van der Waals surface area contributed by atoms with Crippen LogP contribution in [0.5, 0.6) is 5.75 Å². The van der Waals surface area contributed by atoms with Gasteiger partial charge in [0.15, 0.2) is 6.61 Å². The molecule has 0 radical (unpaired) electrons. The molecule has 7 heteroatoms. The fourth-order valence-electron chi connectivity index (χ4n) is 3.48. The number of hydrogen-bond donors (Lipinski definition) is 2. The SMILES string of the molecule is CCNC(=O)COc1cccc(NC(=O)C(c2ccccc2)N2CCCCC2=O)c1. The Morgan fingerprint density at radius 2 is 1.90 bits per heavy atom. The highest BCUT2D eigenvalue weighted by Crippen LogP contribution is 2.27. The molecule has 3 amide bonds. The second-order valence-electron chi connectivity index (χ2n) is 7.12. The number of carbonyl (C=O) groups excluding carboxylic acids is 3. The third-order valence-electron chi connectivity index (χ3n) is 4.88. The molecule has 7 nitrogen and oxygen atoms in total. The molecule has 158 valence electrons. The molecule has 0 aliphatic carbocycles. The van der Waals surface area contributed by atoms with Gasteiger partial charge < -0.3 is 20.3 Å². The number of likely N-dealkylation sites (tertiary alicyclic amines) is 1. The number of amides is 3. The Hall–Kier alpha value is -3.35. The summed E-state index contributed by atoms with van der Waals surface area (Å²) in [5.41, 5.74) is 1.31. The fourth-order valence-corrected chi connectivity index (χ4v) is 3.48.